The van der Waals surface area contributed by atoms with Gasteiger partial charge in [-0.2, -0.15) is 0 Å². The highest BCUT2D eigenvalue weighted by molar-refractivity contribution is 4.88. The maximum absolute atomic E-state index is 10.5. The average Bonchev–Trinajstić information content (AvgIpc) is 2.28. The lowest BCUT2D eigenvalue weighted by molar-refractivity contribution is -0.0134. The van der Waals surface area contributed by atoms with Crippen LogP contribution in [0, 0.1) is 5.92 Å². The Balaban J connectivity index is 2.19. The second-order valence-corrected chi connectivity index (χ2v) is 6.24. The molecule has 0 spiro atoms. The van der Waals surface area contributed by atoms with Crippen LogP contribution >= 0.6 is 0 Å². The molecule has 0 atom stereocenters. The summed E-state index contributed by atoms with van der Waals surface area (Å²) in [5, 5.41) is 14.1. The van der Waals surface area contributed by atoms with Crippen molar-refractivity contribution in [1.82, 2.24) is 5.32 Å². The summed E-state index contributed by atoms with van der Waals surface area (Å²) in [5.41, 5.74) is -0.348. The Morgan fingerprint density at radius 3 is 2.47 bits per heavy atom. The van der Waals surface area contributed by atoms with E-state index in [2.05, 4.69) is 26.1 Å². The van der Waals surface area contributed by atoms with Gasteiger partial charge in [-0.25, -0.2) is 0 Å². The molecule has 1 aliphatic rings. The summed E-state index contributed by atoms with van der Waals surface area (Å²) < 4.78 is 0. The first-order chi connectivity index (χ1) is 8.06. The quantitative estimate of drug-likeness (QED) is 0.715. The third kappa shape index (κ3) is 5.87. The summed E-state index contributed by atoms with van der Waals surface area (Å²) in [6.45, 7) is 7.85. The molecule has 0 aromatic heterocycles. The third-order valence-corrected chi connectivity index (χ3v) is 4.02. The van der Waals surface area contributed by atoms with Crippen LogP contribution in [0.25, 0.3) is 0 Å². The highest BCUT2D eigenvalue weighted by Gasteiger charge is 2.32. The van der Waals surface area contributed by atoms with Crippen LogP contribution in [0.1, 0.15) is 72.1 Å². The first-order valence-electron chi connectivity index (χ1n) is 7.51. The third-order valence-electron chi connectivity index (χ3n) is 4.02. The zero-order chi connectivity index (χ0) is 12.7. The van der Waals surface area contributed by atoms with E-state index in [1.54, 1.807) is 0 Å². The van der Waals surface area contributed by atoms with E-state index < -0.39 is 0 Å². The predicted molar refractivity (Wildman–Crippen MR) is 74.2 cm³/mol. The molecule has 17 heavy (non-hydrogen) atoms. The van der Waals surface area contributed by atoms with Crippen molar-refractivity contribution in [2.75, 3.05) is 6.54 Å². The van der Waals surface area contributed by atoms with Crippen molar-refractivity contribution < 1.29 is 5.11 Å². The molecule has 2 nitrogen and oxygen atoms in total. The van der Waals surface area contributed by atoms with E-state index in [1.165, 1.54) is 19.3 Å². The summed E-state index contributed by atoms with van der Waals surface area (Å²) in [6, 6.07) is 0.653. The fraction of sp³-hybridized carbons (Fsp3) is 1.00. The topological polar surface area (TPSA) is 32.3 Å². The molecule has 0 aromatic rings. The lowest BCUT2D eigenvalue weighted by Gasteiger charge is -2.36. The van der Waals surface area contributed by atoms with Crippen LogP contribution in [-0.2, 0) is 0 Å². The maximum Gasteiger partial charge on any atom is 0.0649 e. The fourth-order valence-electron chi connectivity index (χ4n) is 2.80. The van der Waals surface area contributed by atoms with Gasteiger partial charge in [0.1, 0.15) is 0 Å². The Morgan fingerprint density at radius 2 is 1.94 bits per heavy atom. The molecule has 0 bridgehead atoms. The largest absolute Gasteiger partial charge is 0.390 e. The minimum absolute atomic E-state index is 0.348. The Morgan fingerprint density at radius 1 is 1.29 bits per heavy atom. The average molecular weight is 241 g/mol. The summed E-state index contributed by atoms with van der Waals surface area (Å²) in [4.78, 5) is 0. The van der Waals surface area contributed by atoms with Gasteiger partial charge in [0.25, 0.3) is 0 Å². The van der Waals surface area contributed by atoms with Gasteiger partial charge in [-0.1, -0.05) is 33.6 Å². The molecule has 0 aromatic carbocycles. The van der Waals surface area contributed by atoms with Crippen molar-refractivity contribution in [3.63, 3.8) is 0 Å². The van der Waals surface area contributed by atoms with Gasteiger partial charge in [0, 0.05) is 6.04 Å². The second-order valence-electron chi connectivity index (χ2n) is 6.24. The molecule has 0 saturated heterocycles. The van der Waals surface area contributed by atoms with Crippen molar-refractivity contribution in [2.45, 2.75) is 83.8 Å². The molecule has 102 valence electrons. The normalized spacial score (nSPS) is 29.8. The van der Waals surface area contributed by atoms with Gasteiger partial charge in [0.05, 0.1) is 5.60 Å². The van der Waals surface area contributed by atoms with Gasteiger partial charge in [0.2, 0.25) is 0 Å². The minimum Gasteiger partial charge on any atom is -0.390 e. The Kier molecular flexibility index (Phi) is 6.50. The van der Waals surface area contributed by atoms with Crippen molar-refractivity contribution in [3.05, 3.63) is 0 Å². The van der Waals surface area contributed by atoms with E-state index >= 15 is 0 Å². The van der Waals surface area contributed by atoms with Gasteiger partial charge >= 0.3 is 0 Å². The van der Waals surface area contributed by atoms with Crippen LogP contribution < -0.4 is 5.32 Å². The van der Waals surface area contributed by atoms with Crippen LogP contribution in [0.5, 0.6) is 0 Å². The highest BCUT2D eigenvalue weighted by Crippen LogP contribution is 2.32. The van der Waals surface area contributed by atoms with Crippen LogP contribution in [0.15, 0.2) is 0 Å². The lowest BCUT2D eigenvalue weighted by Crippen LogP contribution is -2.41. The minimum atomic E-state index is -0.348. The first kappa shape index (κ1) is 15.0. The van der Waals surface area contributed by atoms with E-state index in [4.69, 9.17) is 0 Å². The van der Waals surface area contributed by atoms with E-state index in [0.29, 0.717) is 6.04 Å². The molecule has 0 unspecified atom stereocenters. The Bertz CT molecular complexity index is 195. The molecule has 2 N–H and O–H groups in total. The van der Waals surface area contributed by atoms with Gasteiger partial charge in [-0.15, -0.1) is 0 Å². The zero-order valence-corrected chi connectivity index (χ0v) is 12.0. The van der Waals surface area contributed by atoms with Gasteiger partial charge in [-0.3, -0.25) is 0 Å². The van der Waals surface area contributed by atoms with E-state index in [0.717, 1.165) is 44.6 Å². The summed E-state index contributed by atoms with van der Waals surface area (Å²) in [5.74, 6) is 0.765. The van der Waals surface area contributed by atoms with Crippen LogP contribution in [0.3, 0.4) is 0 Å². The number of rotatable bonds is 7. The van der Waals surface area contributed by atoms with Gasteiger partial charge < -0.3 is 10.4 Å². The SMILES string of the molecule is CCCNC1CCC(O)(CCCC(C)C)CC1. The fourth-order valence-corrected chi connectivity index (χ4v) is 2.80. The van der Waals surface area contributed by atoms with E-state index in [9.17, 15) is 5.11 Å². The maximum atomic E-state index is 10.5. The summed E-state index contributed by atoms with van der Waals surface area (Å²) in [7, 11) is 0. The molecule has 1 fully saturated rings. The van der Waals surface area contributed by atoms with Crippen molar-refractivity contribution in [1.29, 1.82) is 0 Å². The van der Waals surface area contributed by atoms with Crippen LogP contribution in [-0.4, -0.2) is 23.3 Å². The van der Waals surface area contributed by atoms with Crippen LogP contribution in [0.2, 0.25) is 0 Å². The van der Waals surface area contributed by atoms with Gasteiger partial charge in [-0.05, 0) is 51.0 Å². The Labute approximate surface area is 107 Å². The Hall–Kier alpha value is -0.0800. The molecule has 1 saturated carbocycles. The van der Waals surface area contributed by atoms with E-state index in [-0.39, 0.29) is 5.60 Å². The van der Waals surface area contributed by atoms with Gasteiger partial charge in [0.15, 0.2) is 0 Å². The van der Waals surface area contributed by atoms with Crippen LogP contribution in [0.4, 0.5) is 0 Å². The molecule has 1 aliphatic carbocycles. The summed E-state index contributed by atoms with van der Waals surface area (Å²) >= 11 is 0. The monoisotopic (exact) mass is 241 g/mol. The lowest BCUT2D eigenvalue weighted by atomic mass is 9.79. The molecular formula is C15H31NO. The summed E-state index contributed by atoms with van der Waals surface area (Å²) in [6.07, 6.45) is 8.93. The number of aliphatic hydroxyl groups is 1. The molecule has 0 aliphatic heterocycles. The second kappa shape index (κ2) is 7.38. The van der Waals surface area contributed by atoms with Crippen molar-refractivity contribution in [3.8, 4) is 0 Å². The molecule has 1 rings (SSSR count). The van der Waals surface area contributed by atoms with E-state index in [1.807, 2.05) is 0 Å². The number of hydrogen-bond acceptors (Lipinski definition) is 2. The zero-order valence-electron chi connectivity index (χ0n) is 12.0. The molecule has 0 amide bonds. The van der Waals surface area contributed by atoms with Crippen molar-refractivity contribution >= 4 is 0 Å². The standard InChI is InChI=1S/C15H31NO/c1-4-12-16-14-7-10-15(17,11-8-14)9-5-6-13(2)3/h13-14,16-17H,4-12H2,1-3H3. The molecule has 0 heterocycles. The first-order valence-corrected chi connectivity index (χ1v) is 7.51. The number of hydrogen-bond donors (Lipinski definition) is 2. The molecule has 2 heteroatoms. The smallest absolute Gasteiger partial charge is 0.0649 e. The molecular weight excluding hydrogens is 210 g/mol. The molecule has 0 radical (unpaired) electrons. The predicted octanol–water partition coefficient (Wildman–Crippen LogP) is 3.49. The highest BCUT2D eigenvalue weighted by atomic mass is 16.3. The number of nitrogens with one attached hydrogen (secondary N) is 1. The van der Waals surface area contributed by atoms with Crippen molar-refractivity contribution in [2.24, 2.45) is 5.92 Å².